The molecule has 22 heavy (non-hydrogen) atoms. The first-order valence-electron chi connectivity index (χ1n) is 7.10. The summed E-state index contributed by atoms with van der Waals surface area (Å²) in [6.07, 6.45) is 0. The minimum Gasteiger partial charge on any atom is -0.347 e. The number of nitrogens with one attached hydrogen (secondary N) is 2. The Balaban J connectivity index is 1.79. The summed E-state index contributed by atoms with van der Waals surface area (Å²) in [5, 5.41) is 3.55. The van der Waals surface area contributed by atoms with Gasteiger partial charge in [0.15, 0.2) is 6.54 Å². The van der Waals surface area contributed by atoms with E-state index in [1.807, 2.05) is 31.3 Å². The zero-order valence-electron chi connectivity index (χ0n) is 12.4. The van der Waals surface area contributed by atoms with Gasteiger partial charge < -0.3 is 10.2 Å². The molecule has 0 aliphatic rings. The highest BCUT2D eigenvalue weighted by molar-refractivity contribution is 6.31. The number of amides is 1. The van der Waals surface area contributed by atoms with Crippen LogP contribution in [0.5, 0.6) is 0 Å². The minimum absolute atomic E-state index is 0.0473. The molecule has 1 unspecified atom stereocenters. The van der Waals surface area contributed by atoms with Gasteiger partial charge in [-0.3, -0.25) is 4.79 Å². The van der Waals surface area contributed by atoms with E-state index in [0.717, 1.165) is 16.0 Å². The van der Waals surface area contributed by atoms with Crippen molar-refractivity contribution >= 4 is 17.5 Å². The van der Waals surface area contributed by atoms with Gasteiger partial charge >= 0.3 is 0 Å². The van der Waals surface area contributed by atoms with Gasteiger partial charge in [-0.1, -0.05) is 41.9 Å². The fraction of sp³-hybridized carbons (Fsp3) is 0.235. The van der Waals surface area contributed by atoms with Crippen LogP contribution in [-0.2, 0) is 17.9 Å². The number of likely N-dealkylation sites (N-methyl/N-ethyl adjacent to an activating group) is 1. The van der Waals surface area contributed by atoms with Gasteiger partial charge in [0.05, 0.1) is 7.05 Å². The Hall–Kier alpha value is -1.91. The second-order valence-electron chi connectivity index (χ2n) is 5.31. The fourth-order valence-corrected chi connectivity index (χ4v) is 2.37. The van der Waals surface area contributed by atoms with Gasteiger partial charge in [-0.15, -0.1) is 0 Å². The standard InChI is InChI=1S/C17H18ClFN2O/c1-21(11-14-4-2-3-5-16(14)18)12-17(22)20-10-13-6-8-15(19)9-7-13/h2-9H,10-12H2,1H3,(H,20,22)/p+1. The van der Waals surface area contributed by atoms with Crippen molar-refractivity contribution in [3.63, 3.8) is 0 Å². The summed E-state index contributed by atoms with van der Waals surface area (Å²) in [6.45, 7) is 1.44. The van der Waals surface area contributed by atoms with Gasteiger partial charge in [0, 0.05) is 17.1 Å². The molecular weight excluding hydrogens is 303 g/mol. The lowest BCUT2D eigenvalue weighted by molar-refractivity contribution is -0.885. The lowest BCUT2D eigenvalue weighted by Gasteiger charge is -2.14. The Bertz CT molecular complexity index is 631. The van der Waals surface area contributed by atoms with Crippen LogP contribution in [-0.4, -0.2) is 19.5 Å². The molecule has 0 spiro atoms. The molecule has 1 amide bonds. The Kier molecular flexibility index (Phi) is 5.92. The van der Waals surface area contributed by atoms with Crippen LogP contribution in [0.2, 0.25) is 5.02 Å². The van der Waals surface area contributed by atoms with Crippen molar-refractivity contribution in [3.8, 4) is 0 Å². The summed E-state index contributed by atoms with van der Waals surface area (Å²) in [4.78, 5) is 13.0. The molecule has 0 bridgehead atoms. The fourth-order valence-electron chi connectivity index (χ4n) is 2.17. The van der Waals surface area contributed by atoms with Crippen LogP contribution in [0.15, 0.2) is 48.5 Å². The summed E-state index contributed by atoms with van der Waals surface area (Å²) < 4.78 is 12.8. The van der Waals surface area contributed by atoms with E-state index in [-0.39, 0.29) is 11.7 Å². The second kappa shape index (κ2) is 7.92. The van der Waals surface area contributed by atoms with E-state index in [1.165, 1.54) is 12.1 Å². The molecule has 1 atom stereocenters. The number of halogens is 2. The van der Waals surface area contributed by atoms with Crippen LogP contribution >= 0.6 is 11.6 Å². The molecule has 0 radical (unpaired) electrons. The Morgan fingerprint density at radius 2 is 1.86 bits per heavy atom. The SMILES string of the molecule is C[NH+](CC(=O)NCc1ccc(F)cc1)Cc1ccccc1Cl. The van der Waals surface area contributed by atoms with Crippen LogP contribution in [0, 0.1) is 5.82 Å². The molecule has 2 N–H and O–H groups in total. The van der Waals surface area contributed by atoms with E-state index in [1.54, 1.807) is 12.1 Å². The van der Waals surface area contributed by atoms with Crippen molar-refractivity contribution in [2.75, 3.05) is 13.6 Å². The van der Waals surface area contributed by atoms with Crippen molar-refractivity contribution in [1.82, 2.24) is 5.32 Å². The number of quaternary nitrogens is 1. The highest BCUT2D eigenvalue weighted by Gasteiger charge is 2.11. The normalized spacial score (nSPS) is 12.0. The van der Waals surface area contributed by atoms with Gasteiger partial charge in [0.1, 0.15) is 12.4 Å². The summed E-state index contributed by atoms with van der Waals surface area (Å²) >= 11 is 6.11. The van der Waals surface area contributed by atoms with Crippen molar-refractivity contribution in [2.24, 2.45) is 0 Å². The zero-order valence-corrected chi connectivity index (χ0v) is 13.2. The van der Waals surface area contributed by atoms with Crippen LogP contribution in [0.25, 0.3) is 0 Å². The molecule has 0 aromatic heterocycles. The van der Waals surface area contributed by atoms with E-state index in [2.05, 4.69) is 5.32 Å². The number of carbonyl (C=O) groups excluding carboxylic acids is 1. The molecular formula is C17H19ClFN2O+. The van der Waals surface area contributed by atoms with Crippen LogP contribution in [0.1, 0.15) is 11.1 Å². The molecule has 0 fully saturated rings. The number of carbonyl (C=O) groups is 1. The van der Waals surface area contributed by atoms with Gasteiger partial charge in [-0.05, 0) is 23.8 Å². The zero-order chi connectivity index (χ0) is 15.9. The number of hydrogen-bond donors (Lipinski definition) is 2. The van der Waals surface area contributed by atoms with Gasteiger partial charge in [-0.25, -0.2) is 4.39 Å². The molecule has 0 aliphatic carbocycles. The first-order chi connectivity index (χ1) is 10.5. The Morgan fingerprint density at radius 3 is 2.55 bits per heavy atom. The van der Waals surface area contributed by atoms with E-state index >= 15 is 0 Å². The van der Waals surface area contributed by atoms with E-state index in [4.69, 9.17) is 11.6 Å². The van der Waals surface area contributed by atoms with Gasteiger partial charge in [-0.2, -0.15) is 0 Å². The first kappa shape index (κ1) is 16.5. The third-order valence-electron chi connectivity index (χ3n) is 3.32. The third-order valence-corrected chi connectivity index (χ3v) is 3.68. The molecule has 0 aliphatic heterocycles. The van der Waals surface area contributed by atoms with Crippen LogP contribution < -0.4 is 10.2 Å². The maximum Gasteiger partial charge on any atom is 0.275 e. The quantitative estimate of drug-likeness (QED) is 0.836. The largest absolute Gasteiger partial charge is 0.347 e. The van der Waals surface area contributed by atoms with Crippen LogP contribution in [0.3, 0.4) is 0 Å². The second-order valence-corrected chi connectivity index (χ2v) is 5.71. The monoisotopic (exact) mass is 321 g/mol. The van der Waals surface area contributed by atoms with E-state index in [9.17, 15) is 9.18 Å². The first-order valence-corrected chi connectivity index (χ1v) is 7.48. The van der Waals surface area contributed by atoms with Crippen molar-refractivity contribution in [1.29, 1.82) is 0 Å². The highest BCUT2D eigenvalue weighted by Crippen LogP contribution is 2.13. The summed E-state index contributed by atoms with van der Waals surface area (Å²) in [7, 11) is 1.95. The maximum atomic E-state index is 12.8. The smallest absolute Gasteiger partial charge is 0.275 e. The molecule has 116 valence electrons. The minimum atomic E-state index is -0.279. The molecule has 0 saturated heterocycles. The number of rotatable bonds is 6. The molecule has 2 rings (SSSR count). The average Bonchev–Trinajstić information content (AvgIpc) is 2.49. The predicted molar refractivity (Wildman–Crippen MR) is 85.2 cm³/mol. The van der Waals surface area contributed by atoms with Gasteiger partial charge in [0.25, 0.3) is 5.91 Å². The Morgan fingerprint density at radius 1 is 1.18 bits per heavy atom. The van der Waals surface area contributed by atoms with Gasteiger partial charge in [0.2, 0.25) is 0 Å². The topological polar surface area (TPSA) is 33.5 Å². The summed E-state index contributed by atoms with van der Waals surface area (Å²) in [6, 6.07) is 13.7. The van der Waals surface area contributed by atoms with E-state index < -0.39 is 0 Å². The third kappa shape index (κ3) is 5.13. The number of benzene rings is 2. The molecule has 5 heteroatoms. The molecule has 3 nitrogen and oxygen atoms in total. The van der Waals surface area contributed by atoms with Crippen molar-refractivity contribution in [3.05, 3.63) is 70.5 Å². The molecule has 0 saturated carbocycles. The highest BCUT2D eigenvalue weighted by atomic mass is 35.5. The maximum absolute atomic E-state index is 12.8. The number of hydrogen-bond acceptors (Lipinski definition) is 1. The molecule has 2 aromatic carbocycles. The van der Waals surface area contributed by atoms with Crippen molar-refractivity contribution < 1.29 is 14.1 Å². The Labute approximate surface area is 134 Å². The molecule has 2 aromatic rings. The molecule has 0 heterocycles. The average molecular weight is 322 g/mol. The van der Waals surface area contributed by atoms with Crippen LogP contribution in [0.4, 0.5) is 4.39 Å². The summed E-state index contributed by atoms with van der Waals surface area (Å²) in [5.41, 5.74) is 1.89. The lowest BCUT2D eigenvalue weighted by atomic mass is 10.2. The van der Waals surface area contributed by atoms with Crippen molar-refractivity contribution in [2.45, 2.75) is 13.1 Å². The predicted octanol–water partition coefficient (Wildman–Crippen LogP) is 1.81. The summed E-state index contributed by atoms with van der Waals surface area (Å²) in [5.74, 6) is -0.326. The van der Waals surface area contributed by atoms with E-state index in [0.29, 0.717) is 24.7 Å². The lowest BCUT2D eigenvalue weighted by Crippen LogP contribution is -3.08.